The first kappa shape index (κ1) is 48.8. The zero-order valence-electron chi connectivity index (χ0n) is 37.5. The van der Waals surface area contributed by atoms with Crippen LogP contribution in [-0.4, -0.2) is 108 Å². The number of hydrogen-bond acceptors (Lipinski definition) is 11. The van der Waals surface area contributed by atoms with Gasteiger partial charge in [0, 0.05) is 67.6 Å². The molecular formula is C47H55ClF3N7O6S2. The highest BCUT2D eigenvalue weighted by molar-refractivity contribution is 7.92. The molecule has 0 radical (unpaired) electrons. The molecule has 66 heavy (non-hydrogen) atoms. The Kier molecular flexibility index (Phi) is 14.5. The van der Waals surface area contributed by atoms with E-state index in [4.69, 9.17) is 16.3 Å². The molecule has 7 rings (SSSR count). The SMILES string of the molecule is CC(C)[C@]1(C)CCC(c2ccc(Cl)cc2)=C(CN2CCN(c3ccc(C(=O)NS(=O)(=O)c4ccc(NCCCN(C)C)c(S(=O)(=O)C(F)(F)F)c4)c(Oc4cnc5[nH]ccc5c4)c3)CC2)C1. The van der Waals surface area contributed by atoms with Crippen molar-refractivity contribution < 1.29 is 39.5 Å². The smallest absolute Gasteiger partial charge is 0.455 e. The average molecular weight is 971 g/mol. The molecule has 354 valence electrons. The molecule has 1 fully saturated rings. The lowest BCUT2D eigenvalue weighted by atomic mass is 9.66. The van der Waals surface area contributed by atoms with Gasteiger partial charge in [0.05, 0.1) is 22.3 Å². The van der Waals surface area contributed by atoms with Crippen LogP contribution in [0, 0.1) is 11.3 Å². The highest BCUT2D eigenvalue weighted by Gasteiger charge is 2.48. The first-order valence-corrected chi connectivity index (χ1v) is 25.1. The Bertz CT molecular complexity index is 2830. The minimum Gasteiger partial charge on any atom is -0.455 e. The molecule has 5 aromatic rings. The summed E-state index contributed by atoms with van der Waals surface area (Å²) < 4.78 is 103. The molecule has 3 N–H and O–H groups in total. The van der Waals surface area contributed by atoms with E-state index in [1.807, 2.05) is 21.8 Å². The predicted molar refractivity (Wildman–Crippen MR) is 252 cm³/mol. The van der Waals surface area contributed by atoms with Crippen molar-refractivity contribution >= 4 is 65.3 Å². The minimum absolute atomic E-state index is 0.00939. The van der Waals surface area contributed by atoms with Gasteiger partial charge in [0.15, 0.2) is 0 Å². The van der Waals surface area contributed by atoms with Gasteiger partial charge in [0.1, 0.15) is 22.0 Å². The lowest BCUT2D eigenvalue weighted by Crippen LogP contribution is -2.47. The Morgan fingerprint density at radius 2 is 1.71 bits per heavy atom. The van der Waals surface area contributed by atoms with E-state index in [1.165, 1.54) is 29.0 Å². The number of halogens is 4. The van der Waals surface area contributed by atoms with Crippen LogP contribution in [0.3, 0.4) is 0 Å². The van der Waals surface area contributed by atoms with Crippen LogP contribution < -0.4 is 19.7 Å². The number of carbonyl (C=O) groups excluding carboxylic acids is 1. The predicted octanol–water partition coefficient (Wildman–Crippen LogP) is 9.21. The van der Waals surface area contributed by atoms with Crippen LogP contribution in [0.2, 0.25) is 5.02 Å². The van der Waals surface area contributed by atoms with Crippen molar-refractivity contribution in [2.75, 3.05) is 70.1 Å². The second kappa shape index (κ2) is 19.6. The molecule has 1 saturated heterocycles. The largest absolute Gasteiger partial charge is 0.501 e. The number of nitrogens with one attached hydrogen (secondary N) is 3. The maximum Gasteiger partial charge on any atom is 0.501 e. The lowest BCUT2D eigenvalue weighted by Gasteiger charge is -2.42. The van der Waals surface area contributed by atoms with Gasteiger partial charge in [-0.2, -0.15) is 13.2 Å². The van der Waals surface area contributed by atoms with Crippen LogP contribution in [0.15, 0.2) is 101 Å². The van der Waals surface area contributed by atoms with Crippen molar-refractivity contribution in [3.05, 3.63) is 107 Å². The number of aromatic nitrogens is 2. The van der Waals surface area contributed by atoms with Crippen LogP contribution in [0.25, 0.3) is 16.6 Å². The summed E-state index contributed by atoms with van der Waals surface area (Å²) in [5, 5.41) is 4.10. The van der Waals surface area contributed by atoms with E-state index in [9.17, 15) is 34.8 Å². The van der Waals surface area contributed by atoms with Gasteiger partial charge < -0.3 is 24.8 Å². The van der Waals surface area contributed by atoms with Crippen LogP contribution in [0.5, 0.6) is 11.5 Å². The number of piperazine rings is 1. The summed E-state index contributed by atoms with van der Waals surface area (Å²) in [5.41, 5.74) is -0.870. The van der Waals surface area contributed by atoms with Gasteiger partial charge in [-0.1, -0.05) is 50.1 Å². The minimum atomic E-state index is -6.02. The van der Waals surface area contributed by atoms with Gasteiger partial charge in [0.25, 0.3) is 25.8 Å². The van der Waals surface area contributed by atoms with Gasteiger partial charge in [-0.25, -0.2) is 26.5 Å². The summed E-state index contributed by atoms with van der Waals surface area (Å²) in [6.45, 7) is 11.2. The van der Waals surface area contributed by atoms with Crippen LogP contribution in [-0.2, 0) is 19.9 Å². The van der Waals surface area contributed by atoms with Crippen LogP contribution >= 0.6 is 11.6 Å². The summed E-state index contributed by atoms with van der Waals surface area (Å²) in [4.78, 5) is 25.6. The maximum absolute atomic E-state index is 14.0. The van der Waals surface area contributed by atoms with Crippen molar-refractivity contribution in [2.45, 2.75) is 61.8 Å². The molecule has 2 aliphatic rings. The fourth-order valence-electron chi connectivity index (χ4n) is 8.45. The number of benzene rings is 3. The number of ether oxygens (including phenoxy) is 1. The summed E-state index contributed by atoms with van der Waals surface area (Å²) >= 11 is 6.25. The molecule has 0 unspecified atom stereocenters. The van der Waals surface area contributed by atoms with E-state index in [0.29, 0.717) is 54.4 Å². The number of anilines is 2. The molecule has 1 amide bonds. The topological polar surface area (TPSA) is 157 Å². The number of allylic oxidation sites excluding steroid dienone is 1. The van der Waals surface area contributed by atoms with Crippen molar-refractivity contribution in [1.82, 2.24) is 24.5 Å². The van der Waals surface area contributed by atoms with Crippen LogP contribution in [0.1, 0.15) is 62.4 Å². The molecule has 2 aromatic heterocycles. The number of hydrogen-bond donors (Lipinski definition) is 3. The number of sulfone groups is 1. The number of fused-ring (bicyclic) bond motifs is 1. The summed E-state index contributed by atoms with van der Waals surface area (Å²) in [7, 11) is -7.37. The number of sulfonamides is 1. The Morgan fingerprint density at radius 3 is 2.39 bits per heavy atom. The van der Waals surface area contributed by atoms with E-state index < -0.39 is 46.8 Å². The zero-order chi connectivity index (χ0) is 47.6. The number of nitrogens with zero attached hydrogens (tertiary/aromatic N) is 4. The second-order valence-electron chi connectivity index (χ2n) is 17.8. The molecule has 3 aromatic carbocycles. The summed E-state index contributed by atoms with van der Waals surface area (Å²) in [6.07, 6.45) is 6.70. The Balaban J connectivity index is 1.14. The number of aromatic amines is 1. The molecule has 0 bridgehead atoms. The van der Waals surface area contributed by atoms with Gasteiger partial charge in [-0.05, 0) is 123 Å². The van der Waals surface area contributed by atoms with E-state index >= 15 is 0 Å². The molecule has 3 heterocycles. The quantitative estimate of drug-likeness (QED) is 0.0811. The molecule has 1 aliphatic heterocycles. The number of carbonyl (C=O) groups is 1. The normalized spacial score (nSPS) is 17.8. The summed E-state index contributed by atoms with van der Waals surface area (Å²) in [6, 6.07) is 18.6. The van der Waals surface area contributed by atoms with Crippen molar-refractivity contribution in [1.29, 1.82) is 0 Å². The van der Waals surface area contributed by atoms with Crippen molar-refractivity contribution in [2.24, 2.45) is 11.3 Å². The van der Waals surface area contributed by atoms with E-state index in [0.717, 1.165) is 56.4 Å². The number of rotatable bonds is 16. The van der Waals surface area contributed by atoms with E-state index in [2.05, 4.69) is 58.0 Å². The van der Waals surface area contributed by atoms with Crippen molar-refractivity contribution in [3.8, 4) is 11.5 Å². The fourth-order valence-corrected chi connectivity index (χ4v) is 10.6. The van der Waals surface area contributed by atoms with Gasteiger partial charge in [-0.15, -0.1) is 0 Å². The molecule has 0 spiro atoms. The summed E-state index contributed by atoms with van der Waals surface area (Å²) in [5.74, 6) is -0.397. The molecule has 0 saturated carbocycles. The van der Waals surface area contributed by atoms with Gasteiger partial charge >= 0.3 is 5.51 Å². The van der Waals surface area contributed by atoms with E-state index in [-0.39, 0.29) is 29.0 Å². The second-order valence-corrected chi connectivity index (χ2v) is 21.9. The lowest BCUT2D eigenvalue weighted by molar-refractivity contribution is -0.0435. The van der Waals surface area contributed by atoms with Gasteiger partial charge in [0.2, 0.25) is 0 Å². The van der Waals surface area contributed by atoms with Gasteiger partial charge in [-0.3, -0.25) is 9.69 Å². The Hall–Kier alpha value is -5.14. The average Bonchev–Trinajstić information content (AvgIpc) is 3.73. The Morgan fingerprint density at radius 1 is 0.985 bits per heavy atom. The first-order valence-electron chi connectivity index (χ1n) is 21.7. The molecule has 1 atom stereocenters. The van der Waals surface area contributed by atoms with Crippen LogP contribution in [0.4, 0.5) is 24.5 Å². The highest BCUT2D eigenvalue weighted by Crippen LogP contribution is 2.47. The Labute approximate surface area is 389 Å². The molecule has 1 aliphatic carbocycles. The number of amides is 1. The third-order valence-corrected chi connectivity index (χ3v) is 15.8. The molecule has 19 heteroatoms. The number of alkyl halides is 3. The number of pyridine rings is 1. The monoisotopic (exact) mass is 969 g/mol. The highest BCUT2D eigenvalue weighted by atomic mass is 35.5. The molecule has 13 nitrogen and oxygen atoms in total. The number of H-pyrrole nitrogens is 1. The molecular weight excluding hydrogens is 915 g/mol. The van der Waals surface area contributed by atoms with E-state index in [1.54, 1.807) is 44.6 Å². The zero-order valence-corrected chi connectivity index (χ0v) is 39.9. The fraction of sp³-hybridized carbons (Fsp3) is 0.404. The third-order valence-electron chi connectivity index (χ3n) is 12.7. The third kappa shape index (κ3) is 11.0. The van der Waals surface area contributed by atoms with Crippen molar-refractivity contribution in [3.63, 3.8) is 0 Å². The standard InChI is InChI=1S/C47H55ClF3N7O6S2/c1-31(2)46(3)17-15-39(32-7-9-35(48)10-8-32)34(28-46)30-57-21-23-58(24-22-57)36-11-13-40(42(26-36)64-37-25-33-16-19-53-44(33)54-29-37)45(59)55-66(62,63)38-12-14-41(52-18-6-20-56(4)5)43(27-38)65(60,61)47(49,50)51/h7-14,16,19,25-27,29,31,52H,6,15,17-18,20-24,28,30H2,1-5H3,(H,53,54)(H,55,59)/t46-/m1/s1. The maximum atomic E-state index is 14.0. The first-order chi connectivity index (χ1) is 31.1.